The summed E-state index contributed by atoms with van der Waals surface area (Å²) in [4.78, 5) is 24.0. The second-order valence-electron chi connectivity index (χ2n) is 7.38. The van der Waals surface area contributed by atoms with Crippen molar-refractivity contribution < 1.29 is 4.79 Å². The first-order valence-corrected chi connectivity index (χ1v) is 9.98. The second kappa shape index (κ2) is 7.87. The van der Waals surface area contributed by atoms with E-state index in [1.807, 2.05) is 23.1 Å². The van der Waals surface area contributed by atoms with Gasteiger partial charge in [0.1, 0.15) is 5.82 Å². The molecule has 1 amide bonds. The summed E-state index contributed by atoms with van der Waals surface area (Å²) >= 11 is 5.92. The van der Waals surface area contributed by atoms with Crippen LogP contribution in [-0.4, -0.2) is 54.6 Å². The average molecular weight is 385 g/mol. The number of aromatic nitrogens is 1. The Morgan fingerprint density at radius 3 is 2.67 bits per heavy atom. The molecule has 2 aromatic rings. The molecule has 0 N–H and O–H groups in total. The topological polar surface area (TPSA) is 39.7 Å². The van der Waals surface area contributed by atoms with Crippen molar-refractivity contribution >= 4 is 29.0 Å². The van der Waals surface area contributed by atoms with E-state index in [0.29, 0.717) is 11.6 Å². The van der Waals surface area contributed by atoms with Crippen molar-refractivity contribution in [2.24, 2.45) is 0 Å². The highest BCUT2D eigenvalue weighted by Crippen LogP contribution is 2.30. The van der Waals surface area contributed by atoms with Crippen LogP contribution in [0, 0.1) is 0 Å². The molecule has 1 aromatic heterocycles. The number of rotatable bonds is 3. The lowest BCUT2D eigenvalue weighted by Crippen LogP contribution is -2.52. The Morgan fingerprint density at radius 1 is 1.15 bits per heavy atom. The van der Waals surface area contributed by atoms with Gasteiger partial charge in [0.25, 0.3) is 0 Å². The molecule has 1 atom stereocenters. The maximum atomic E-state index is 13.1. The molecule has 4 rings (SSSR count). The Labute approximate surface area is 165 Å². The van der Waals surface area contributed by atoms with Crippen molar-refractivity contribution in [3.63, 3.8) is 0 Å². The molecule has 3 heterocycles. The zero-order valence-corrected chi connectivity index (χ0v) is 16.4. The average Bonchev–Trinajstić information content (AvgIpc) is 2.69. The van der Waals surface area contributed by atoms with Gasteiger partial charge in [-0.1, -0.05) is 29.8 Å². The number of para-hydroxylation sites is 1. The molecule has 1 unspecified atom stereocenters. The lowest BCUT2D eigenvalue weighted by molar-refractivity contribution is -0.120. The van der Waals surface area contributed by atoms with Crippen molar-refractivity contribution in [1.82, 2.24) is 9.88 Å². The number of pyridine rings is 1. The number of carbonyl (C=O) groups is 1. The van der Waals surface area contributed by atoms with Crippen LogP contribution in [0.25, 0.3) is 0 Å². The Bertz CT molecular complexity index is 802. The fourth-order valence-electron chi connectivity index (χ4n) is 4.03. The van der Waals surface area contributed by atoms with Gasteiger partial charge in [0.2, 0.25) is 5.91 Å². The van der Waals surface area contributed by atoms with E-state index in [0.717, 1.165) is 50.5 Å². The van der Waals surface area contributed by atoms with Gasteiger partial charge in [-0.2, -0.15) is 0 Å². The molecule has 0 aliphatic carbocycles. The number of amides is 1. The van der Waals surface area contributed by atoms with Crippen LogP contribution in [0.15, 0.2) is 42.6 Å². The first kappa shape index (κ1) is 18.3. The summed E-state index contributed by atoms with van der Waals surface area (Å²) in [7, 11) is 0. The van der Waals surface area contributed by atoms with Crippen LogP contribution < -0.4 is 9.80 Å². The monoisotopic (exact) mass is 384 g/mol. The van der Waals surface area contributed by atoms with Gasteiger partial charge in [0, 0.05) is 44.1 Å². The number of fused-ring (bicyclic) bond motifs is 1. The number of hydrogen-bond acceptors (Lipinski definition) is 4. The largest absolute Gasteiger partial charge is 0.354 e. The van der Waals surface area contributed by atoms with E-state index in [9.17, 15) is 4.79 Å². The van der Waals surface area contributed by atoms with Crippen molar-refractivity contribution in [3.05, 3.63) is 53.2 Å². The summed E-state index contributed by atoms with van der Waals surface area (Å²) in [6.07, 6.45) is 3.76. The van der Waals surface area contributed by atoms with Crippen LogP contribution in [0.1, 0.15) is 18.9 Å². The Kier molecular flexibility index (Phi) is 5.32. The molecule has 6 heteroatoms. The third-order valence-corrected chi connectivity index (χ3v) is 5.78. The smallest absolute Gasteiger partial charge is 0.241 e. The molecule has 5 nitrogen and oxygen atoms in total. The summed E-state index contributed by atoms with van der Waals surface area (Å²) in [5, 5.41) is 0.652. The zero-order chi connectivity index (χ0) is 18.8. The van der Waals surface area contributed by atoms with Crippen LogP contribution in [0.4, 0.5) is 11.5 Å². The van der Waals surface area contributed by atoms with E-state index in [1.165, 1.54) is 5.56 Å². The van der Waals surface area contributed by atoms with Crippen molar-refractivity contribution in [1.29, 1.82) is 0 Å². The molecule has 27 heavy (non-hydrogen) atoms. The van der Waals surface area contributed by atoms with Crippen LogP contribution in [0.2, 0.25) is 5.02 Å². The Morgan fingerprint density at radius 2 is 1.93 bits per heavy atom. The normalized spacial score (nSPS) is 20.4. The highest BCUT2D eigenvalue weighted by molar-refractivity contribution is 6.30. The number of anilines is 2. The summed E-state index contributed by atoms with van der Waals surface area (Å²) < 4.78 is 0. The van der Waals surface area contributed by atoms with Crippen LogP contribution in [0.3, 0.4) is 0 Å². The van der Waals surface area contributed by atoms with Crippen LogP contribution >= 0.6 is 11.6 Å². The standard InChI is InChI=1S/C21H25ClN4O/c1-16-6-7-17-4-2-3-5-19(17)26(16)21(27)15-24-10-12-25(13-11-24)20-9-8-18(22)14-23-20/h2-5,8-9,14,16H,6-7,10-13,15H2,1H3. The molecule has 0 spiro atoms. The first-order chi connectivity index (χ1) is 13.1. The summed E-state index contributed by atoms with van der Waals surface area (Å²) in [6.45, 7) is 6.08. The molecule has 2 aliphatic heterocycles. The first-order valence-electron chi connectivity index (χ1n) is 9.60. The molecule has 142 valence electrons. The van der Waals surface area contributed by atoms with Gasteiger partial charge in [-0.3, -0.25) is 9.69 Å². The molecular weight excluding hydrogens is 360 g/mol. The lowest BCUT2D eigenvalue weighted by atomic mass is 9.96. The number of halogens is 1. The SMILES string of the molecule is CC1CCc2ccccc2N1C(=O)CN1CCN(c2ccc(Cl)cn2)CC1. The van der Waals surface area contributed by atoms with Gasteiger partial charge < -0.3 is 9.80 Å². The predicted octanol–water partition coefficient (Wildman–Crippen LogP) is 3.22. The van der Waals surface area contributed by atoms with Gasteiger partial charge in [0.05, 0.1) is 11.6 Å². The molecule has 0 radical (unpaired) electrons. The van der Waals surface area contributed by atoms with Gasteiger partial charge in [-0.05, 0) is 43.5 Å². The van der Waals surface area contributed by atoms with Gasteiger partial charge in [-0.15, -0.1) is 0 Å². The number of hydrogen-bond donors (Lipinski definition) is 0. The van der Waals surface area contributed by atoms with Crippen LogP contribution in [-0.2, 0) is 11.2 Å². The Balaban J connectivity index is 1.38. The molecular formula is C21H25ClN4O. The minimum atomic E-state index is 0.202. The van der Waals surface area contributed by atoms with Gasteiger partial charge >= 0.3 is 0 Å². The molecule has 1 fully saturated rings. The van der Waals surface area contributed by atoms with E-state index >= 15 is 0 Å². The minimum Gasteiger partial charge on any atom is -0.354 e. The van der Waals surface area contributed by atoms with E-state index in [-0.39, 0.29) is 11.9 Å². The van der Waals surface area contributed by atoms with Crippen molar-refractivity contribution in [2.75, 3.05) is 42.5 Å². The summed E-state index contributed by atoms with van der Waals surface area (Å²) in [6, 6.07) is 12.4. The molecule has 0 saturated carbocycles. The summed E-state index contributed by atoms with van der Waals surface area (Å²) in [5.41, 5.74) is 2.37. The quantitative estimate of drug-likeness (QED) is 0.814. The van der Waals surface area contributed by atoms with E-state index < -0.39 is 0 Å². The fourth-order valence-corrected chi connectivity index (χ4v) is 4.14. The molecule has 2 aliphatic rings. The van der Waals surface area contributed by atoms with Gasteiger partial charge in [-0.25, -0.2) is 4.98 Å². The van der Waals surface area contributed by atoms with E-state index in [4.69, 9.17) is 11.6 Å². The fraction of sp³-hybridized carbons (Fsp3) is 0.429. The predicted molar refractivity (Wildman–Crippen MR) is 110 cm³/mol. The van der Waals surface area contributed by atoms with Crippen molar-refractivity contribution in [3.8, 4) is 0 Å². The van der Waals surface area contributed by atoms with E-state index in [2.05, 4.69) is 39.9 Å². The molecule has 0 bridgehead atoms. The molecule has 1 aromatic carbocycles. The lowest BCUT2D eigenvalue weighted by Gasteiger charge is -2.39. The number of nitrogens with zero attached hydrogens (tertiary/aromatic N) is 4. The number of aryl methyl sites for hydroxylation is 1. The summed E-state index contributed by atoms with van der Waals surface area (Å²) in [5.74, 6) is 1.15. The Hall–Kier alpha value is -2.11. The highest BCUT2D eigenvalue weighted by Gasteiger charge is 2.29. The minimum absolute atomic E-state index is 0.202. The highest BCUT2D eigenvalue weighted by atomic mass is 35.5. The number of benzene rings is 1. The van der Waals surface area contributed by atoms with Crippen LogP contribution in [0.5, 0.6) is 0 Å². The maximum absolute atomic E-state index is 13.1. The van der Waals surface area contributed by atoms with Gasteiger partial charge in [0.15, 0.2) is 0 Å². The number of carbonyl (C=O) groups excluding carboxylic acids is 1. The zero-order valence-electron chi connectivity index (χ0n) is 15.6. The maximum Gasteiger partial charge on any atom is 0.241 e. The van der Waals surface area contributed by atoms with Crippen molar-refractivity contribution in [2.45, 2.75) is 25.8 Å². The second-order valence-corrected chi connectivity index (χ2v) is 7.81. The molecule has 1 saturated heterocycles. The van der Waals surface area contributed by atoms with E-state index in [1.54, 1.807) is 6.20 Å². The third-order valence-electron chi connectivity index (χ3n) is 5.56. The third kappa shape index (κ3) is 3.94. The number of piperazine rings is 1.